The van der Waals surface area contributed by atoms with Crippen molar-refractivity contribution in [3.63, 3.8) is 0 Å². The Morgan fingerprint density at radius 2 is 1.66 bits per heavy atom. The van der Waals surface area contributed by atoms with Gasteiger partial charge in [-0.15, -0.1) is 0 Å². The molecule has 6 aromatic rings. The van der Waals surface area contributed by atoms with Crippen molar-refractivity contribution in [3.8, 4) is 11.3 Å². The third kappa shape index (κ3) is 3.95. The molecule has 0 aliphatic carbocycles. The second-order valence-corrected chi connectivity index (χ2v) is 22.6. The summed E-state index contributed by atoms with van der Waals surface area (Å²) in [7, 11) is 0. The van der Waals surface area contributed by atoms with E-state index in [1.54, 1.807) is 11.3 Å². The maximum absolute atomic E-state index is 5.33. The molecule has 3 aromatic carbocycles. The van der Waals surface area contributed by atoms with Crippen molar-refractivity contribution in [2.45, 2.75) is 37.5 Å². The Hall–Kier alpha value is -2.76. The summed E-state index contributed by atoms with van der Waals surface area (Å²) in [5.74, 6) is 8.08. The number of pyridine rings is 2. The molecule has 0 unspecified atom stereocenters. The molecule has 35 heavy (non-hydrogen) atoms. The number of fused-ring (bicyclic) bond motifs is 6. The normalized spacial score (nSPS) is 12.5. The molecule has 0 bridgehead atoms. The van der Waals surface area contributed by atoms with E-state index in [9.17, 15) is 0 Å². The van der Waals surface area contributed by atoms with Gasteiger partial charge < -0.3 is 0 Å². The fourth-order valence-corrected chi connectivity index (χ4v) is 9.76. The molecule has 0 amide bonds. The Bertz CT molecular complexity index is 1740. The predicted octanol–water partition coefficient (Wildman–Crippen LogP) is 8.56. The summed E-state index contributed by atoms with van der Waals surface area (Å²) in [6.45, 7) is 4.59. The standard InChI is InChI=1S/C31H30GeN2S/c1-19(2)15-20-16-24-23-11-8-14-33-31(23)35-30(24)25(17-20)28-18-26(32(3,4)5)29-22-10-7-6-9-21(22)12-13-27(29)34-28/h6-14,16-19H,15H2,1-5H3. The van der Waals surface area contributed by atoms with Gasteiger partial charge in [0.1, 0.15) is 0 Å². The van der Waals surface area contributed by atoms with Crippen LogP contribution in [0, 0.1) is 5.92 Å². The van der Waals surface area contributed by atoms with Crippen molar-refractivity contribution in [2.24, 2.45) is 5.92 Å². The molecule has 3 heterocycles. The maximum atomic E-state index is 5.33. The fourth-order valence-electron chi connectivity index (χ4n) is 5.29. The third-order valence-corrected chi connectivity index (χ3v) is 12.2. The van der Waals surface area contributed by atoms with Crippen LogP contribution in [0.25, 0.3) is 53.2 Å². The van der Waals surface area contributed by atoms with E-state index < -0.39 is 13.3 Å². The van der Waals surface area contributed by atoms with Crippen LogP contribution in [0.5, 0.6) is 0 Å². The van der Waals surface area contributed by atoms with Crippen LogP contribution in [0.1, 0.15) is 19.4 Å². The van der Waals surface area contributed by atoms with E-state index in [4.69, 9.17) is 9.97 Å². The van der Waals surface area contributed by atoms with Crippen molar-refractivity contribution in [3.05, 3.63) is 78.5 Å². The summed E-state index contributed by atoms with van der Waals surface area (Å²) in [6, 6.07) is 24.7. The van der Waals surface area contributed by atoms with Gasteiger partial charge in [-0.1, -0.05) is 0 Å². The van der Waals surface area contributed by atoms with E-state index in [0.717, 1.165) is 22.5 Å². The number of aromatic nitrogens is 2. The van der Waals surface area contributed by atoms with Gasteiger partial charge in [0.15, 0.2) is 0 Å². The van der Waals surface area contributed by atoms with Crippen LogP contribution in [0.3, 0.4) is 0 Å². The van der Waals surface area contributed by atoms with Crippen LogP contribution in [0.15, 0.2) is 72.9 Å². The molecule has 3 aromatic heterocycles. The van der Waals surface area contributed by atoms with E-state index in [2.05, 4.69) is 91.8 Å². The Labute approximate surface area is 213 Å². The SMILES string of the molecule is CC(C)Cc1cc(-c2c[c]([Ge]([CH3])([CH3])[CH3])c3c(ccc4ccccc43)n2)c2sc3ncccc3c2c1. The predicted molar refractivity (Wildman–Crippen MR) is 157 cm³/mol. The average molecular weight is 535 g/mol. The summed E-state index contributed by atoms with van der Waals surface area (Å²) in [5.41, 5.74) is 4.85. The molecule has 0 atom stereocenters. The molecule has 0 N–H and O–H groups in total. The van der Waals surface area contributed by atoms with Crippen LogP contribution >= 0.6 is 11.3 Å². The zero-order valence-electron chi connectivity index (χ0n) is 21.0. The van der Waals surface area contributed by atoms with Gasteiger partial charge in [-0.3, -0.25) is 0 Å². The topological polar surface area (TPSA) is 25.8 Å². The third-order valence-electron chi connectivity index (χ3n) is 6.84. The van der Waals surface area contributed by atoms with Gasteiger partial charge in [0, 0.05) is 0 Å². The van der Waals surface area contributed by atoms with E-state index in [1.165, 1.54) is 47.2 Å². The van der Waals surface area contributed by atoms with E-state index in [0.29, 0.717) is 5.92 Å². The van der Waals surface area contributed by atoms with Crippen LogP contribution in [0.4, 0.5) is 0 Å². The van der Waals surface area contributed by atoms with E-state index in [1.807, 2.05) is 12.3 Å². The summed E-state index contributed by atoms with van der Waals surface area (Å²) in [5, 5.41) is 6.53. The van der Waals surface area contributed by atoms with Crippen molar-refractivity contribution in [1.29, 1.82) is 0 Å². The summed E-state index contributed by atoms with van der Waals surface area (Å²) in [4.78, 5) is 11.1. The summed E-state index contributed by atoms with van der Waals surface area (Å²) in [6.07, 6.45) is 2.96. The van der Waals surface area contributed by atoms with Gasteiger partial charge >= 0.3 is 214 Å². The second kappa shape index (κ2) is 8.42. The number of rotatable bonds is 4. The van der Waals surface area contributed by atoms with Crippen molar-refractivity contribution in [1.82, 2.24) is 9.97 Å². The van der Waals surface area contributed by atoms with Crippen LogP contribution in [-0.4, -0.2) is 23.2 Å². The molecule has 0 radical (unpaired) electrons. The molecular weight excluding hydrogens is 505 g/mol. The summed E-state index contributed by atoms with van der Waals surface area (Å²) >= 11 is -0.449. The zero-order chi connectivity index (χ0) is 24.3. The van der Waals surface area contributed by atoms with Gasteiger partial charge in [-0.25, -0.2) is 0 Å². The van der Waals surface area contributed by atoms with Crippen molar-refractivity contribution >= 4 is 71.0 Å². The molecule has 0 spiro atoms. The number of hydrogen-bond donors (Lipinski definition) is 0. The van der Waals surface area contributed by atoms with E-state index in [-0.39, 0.29) is 0 Å². The molecule has 0 saturated carbocycles. The average Bonchev–Trinajstić information content (AvgIpc) is 3.20. The van der Waals surface area contributed by atoms with Crippen molar-refractivity contribution in [2.75, 3.05) is 0 Å². The molecule has 0 fully saturated rings. The Morgan fingerprint density at radius 1 is 0.857 bits per heavy atom. The van der Waals surface area contributed by atoms with Gasteiger partial charge in [0.05, 0.1) is 0 Å². The quantitative estimate of drug-likeness (QED) is 0.167. The van der Waals surface area contributed by atoms with Crippen LogP contribution in [-0.2, 0) is 6.42 Å². The zero-order valence-corrected chi connectivity index (χ0v) is 23.9. The van der Waals surface area contributed by atoms with Gasteiger partial charge in [0.2, 0.25) is 0 Å². The number of hydrogen-bond acceptors (Lipinski definition) is 3. The minimum absolute atomic E-state index is 0.597. The molecule has 2 nitrogen and oxygen atoms in total. The minimum atomic E-state index is -2.24. The second-order valence-electron chi connectivity index (χ2n) is 11.1. The van der Waals surface area contributed by atoms with Gasteiger partial charge in [0.25, 0.3) is 0 Å². The first-order valence-corrected chi connectivity index (χ1v) is 20.6. The fraction of sp³-hybridized carbons (Fsp3) is 0.226. The Balaban J connectivity index is 1.72. The number of thiophene rings is 1. The first-order valence-electron chi connectivity index (χ1n) is 12.4. The van der Waals surface area contributed by atoms with Gasteiger partial charge in [-0.05, 0) is 0 Å². The van der Waals surface area contributed by atoms with Gasteiger partial charge in [-0.2, -0.15) is 0 Å². The molecule has 4 heteroatoms. The van der Waals surface area contributed by atoms with E-state index >= 15 is 0 Å². The molecule has 0 aliphatic rings. The molecular formula is C31H30GeN2S. The van der Waals surface area contributed by atoms with Crippen LogP contribution in [0.2, 0.25) is 17.3 Å². The number of benzene rings is 3. The summed E-state index contributed by atoms with van der Waals surface area (Å²) < 4.78 is 2.83. The molecule has 0 aliphatic heterocycles. The van der Waals surface area contributed by atoms with Crippen LogP contribution < -0.4 is 4.40 Å². The molecule has 174 valence electrons. The monoisotopic (exact) mass is 536 g/mol. The molecule has 0 saturated heterocycles. The first-order chi connectivity index (χ1) is 16.8. The Kier molecular flexibility index (Phi) is 5.46. The molecule has 6 rings (SSSR count). The van der Waals surface area contributed by atoms with Crippen molar-refractivity contribution < 1.29 is 0 Å². The number of nitrogens with zero attached hydrogens (tertiary/aromatic N) is 2. The first kappa shape index (κ1) is 22.7. The Morgan fingerprint density at radius 3 is 2.46 bits per heavy atom.